The summed E-state index contributed by atoms with van der Waals surface area (Å²) >= 11 is 0. The van der Waals surface area contributed by atoms with Crippen LogP contribution in [0.1, 0.15) is 25.5 Å². The van der Waals surface area contributed by atoms with Crippen LogP contribution in [-0.4, -0.2) is 30.2 Å². The molecule has 0 radical (unpaired) electrons. The van der Waals surface area contributed by atoms with Gasteiger partial charge < -0.3 is 5.73 Å². The van der Waals surface area contributed by atoms with E-state index in [9.17, 15) is 22.0 Å². The van der Waals surface area contributed by atoms with Crippen LogP contribution in [0.2, 0.25) is 0 Å². The van der Waals surface area contributed by atoms with Gasteiger partial charge in [-0.05, 0) is 32.0 Å². The maximum Gasteiger partial charge on any atom is 0.401 e. The summed E-state index contributed by atoms with van der Waals surface area (Å²) in [5, 5.41) is 0. The third-order valence-corrected chi connectivity index (χ3v) is 2.90. The molecular weight excluding hydrogens is 279 g/mol. The second-order valence-electron chi connectivity index (χ2n) is 4.91. The molecule has 0 saturated heterocycles. The summed E-state index contributed by atoms with van der Waals surface area (Å²) < 4.78 is 63.9. The van der Waals surface area contributed by atoms with E-state index in [-0.39, 0.29) is 12.1 Å². The van der Waals surface area contributed by atoms with Crippen LogP contribution >= 0.6 is 0 Å². The molecule has 0 amide bonds. The number of halogens is 5. The lowest BCUT2D eigenvalue weighted by molar-refractivity contribution is -0.150. The van der Waals surface area contributed by atoms with Crippen LogP contribution in [0.4, 0.5) is 22.0 Å². The average Bonchev–Trinajstić information content (AvgIpc) is 2.29. The first kappa shape index (κ1) is 16.8. The summed E-state index contributed by atoms with van der Waals surface area (Å²) in [6.45, 7) is 1.81. The number of rotatable bonds is 5. The monoisotopic (exact) mass is 296 g/mol. The van der Waals surface area contributed by atoms with Crippen LogP contribution in [0.3, 0.4) is 0 Å². The summed E-state index contributed by atoms with van der Waals surface area (Å²) in [5.41, 5.74) is 5.58. The van der Waals surface area contributed by atoms with Crippen molar-refractivity contribution in [2.24, 2.45) is 5.73 Å². The average molecular weight is 296 g/mol. The van der Waals surface area contributed by atoms with Crippen LogP contribution < -0.4 is 5.73 Å². The second kappa shape index (κ2) is 6.49. The molecule has 0 fully saturated rings. The number of hydrogen-bond acceptors (Lipinski definition) is 2. The van der Waals surface area contributed by atoms with E-state index < -0.39 is 36.4 Å². The Hall–Kier alpha value is -1.21. The molecule has 2 nitrogen and oxygen atoms in total. The van der Waals surface area contributed by atoms with Gasteiger partial charge in [-0.25, -0.2) is 8.78 Å². The summed E-state index contributed by atoms with van der Waals surface area (Å²) in [7, 11) is 0. The normalized spacial score (nSPS) is 14.1. The lowest BCUT2D eigenvalue weighted by Gasteiger charge is -2.30. The topological polar surface area (TPSA) is 29.3 Å². The minimum Gasteiger partial charge on any atom is -0.323 e. The Morgan fingerprint density at radius 3 is 2.30 bits per heavy atom. The van der Waals surface area contributed by atoms with Crippen molar-refractivity contribution in [3.63, 3.8) is 0 Å². The lowest BCUT2D eigenvalue weighted by Crippen LogP contribution is -2.43. The van der Waals surface area contributed by atoms with Crippen molar-refractivity contribution >= 4 is 0 Å². The van der Waals surface area contributed by atoms with Crippen LogP contribution in [0.5, 0.6) is 0 Å². The largest absolute Gasteiger partial charge is 0.401 e. The fourth-order valence-electron chi connectivity index (χ4n) is 1.84. The molecule has 0 spiro atoms. The van der Waals surface area contributed by atoms with E-state index in [0.29, 0.717) is 0 Å². The Kier molecular flexibility index (Phi) is 5.47. The van der Waals surface area contributed by atoms with Crippen molar-refractivity contribution in [3.05, 3.63) is 35.4 Å². The molecule has 0 aliphatic carbocycles. The van der Waals surface area contributed by atoms with E-state index in [1.165, 1.54) is 0 Å². The summed E-state index contributed by atoms with van der Waals surface area (Å²) in [5.74, 6) is -1.40. The number of hydrogen-bond donors (Lipinski definition) is 1. The van der Waals surface area contributed by atoms with E-state index in [0.717, 1.165) is 23.1 Å². The van der Waals surface area contributed by atoms with Gasteiger partial charge in [0.1, 0.15) is 11.6 Å². The highest BCUT2D eigenvalue weighted by Crippen LogP contribution is 2.22. The quantitative estimate of drug-likeness (QED) is 0.845. The van der Waals surface area contributed by atoms with Crippen LogP contribution in [0.15, 0.2) is 18.2 Å². The smallest absolute Gasteiger partial charge is 0.323 e. The fraction of sp³-hybridized carbons (Fsp3) is 0.538. The first-order valence-electron chi connectivity index (χ1n) is 6.11. The molecule has 1 rings (SSSR count). The van der Waals surface area contributed by atoms with Crippen molar-refractivity contribution in [1.82, 2.24) is 4.90 Å². The van der Waals surface area contributed by atoms with Gasteiger partial charge in [0.25, 0.3) is 0 Å². The highest BCUT2D eigenvalue weighted by Gasteiger charge is 2.32. The second-order valence-corrected chi connectivity index (χ2v) is 4.91. The van der Waals surface area contributed by atoms with Gasteiger partial charge in [0.2, 0.25) is 0 Å². The van der Waals surface area contributed by atoms with Gasteiger partial charge in [-0.3, -0.25) is 4.90 Å². The molecule has 1 unspecified atom stereocenters. The molecule has 0 aliphatic rings. The van der Waals surface area contributed by atoms with Crippen molar-refractivity contribution in [2.75, 3.05) is 13.1 Å². The van der Waals surface area contributed by atoms with Crippen molar-refractivity contribution in [2.45, 2.75) is 32.1 Å². The van der Waals surface area contributed by atoms with Crippen molar-refractivity contribution < 1.29 is 22.0 Å². The maximum atomic E-state index is 13.5. The molecular formula is C13H17F5N2. The third kappa shape index (κ3) is 5.05. The predicted molar refractivity (Wildman–Crippen MR) is 66.1 cm³/mol. The zero-order chi connectivity index (χ0) is 15.5. The van der Waals surface area contributed by atoms with Gasteiger partial charge in [0, 0.05) is 24.2 Å². The van der Waals surface area contributed by atoms with Crippen molar-refractivity contribution in [3.8, 4) is 0 Å². The molecule has 7 heteroatoms. The summed E-state index contributed by atoms with van der Waals surface area (Å²) in [4.78, 5) is 1.08. The van der Waals surface area contributed by atoms with Crippen LogP contribution in [0.25, 0.3) is 0 Å². The standard InChI is InChI=1S/C13H17F5N2/c1-8(2)20(7-13(16,17)18)6-12(19)10-5-9(14)3-4-11(10)15/h3-5,8,12H,6-7,19H2,1-2H3. The number of nitrogens with two attached hydrogens (primary N) is 1. The Morgan fingerprint density at radius 1 is 1.20 bits per heavy atom. The van der Waals surface area contributed by atoms with Gasteiger partial charge in [-0.1, -0.05) is 0 Å². The lowest BCUT2D eigenvalue weighted by atomic mass is 10.1. The molecule has 1 aromatic carbocycles. The van der Waals surface area contributed by atoms with Crippen molar-refractivity contribution in [1.29, 1.82) is 0 Å². The molecule has 1 aromatic rings. The van der Waals surface area contributed by atoms with Gasteiger partial charge in [-0.15, -0.1) is 0 Å². The first-order chi connectivity index (χ1) is 9.10. The minimum absolute atomic E-state index is 0.127. The molecule has 0 aliphatic heterocycles. The highest BCUT2D eigenvalue weighted by molar-refractivity contribution is 5.22. The Balaban J connectivity index is 2.85. The molecule has 20 heavy (non-hydrogen) atoms. The minimum atomic E-state index is -4.37. The van der Waals surface area contributed by atoms with E-state index in [1.807, 2.05) is 0 Å². The van der Waals surface area contributed by atoms with E-state index >= 15 is 0 Å². The molecule has 0 saturated carbocycles. The van der Waals surface area contributed by atoms with Crippen LogP contribution in [-0.2, 0) is 0 Å². The Bertz CT molecular complexity index is 445. The Labute approximate surface area is 114 Å². The van der Waals surface area contributed by atoms with Gasteiger partial charge in [-0.2, -0.15) is 13.2 Å². The molecule has 1 atom stereocenters. The SMILES string of the molecule is CC(C)N(CC(N)c1cc(F)ccc1F)CC(F)(F)F. The number of benzene rings is 1. The van der Waals surface area contributed by atoms with Gasteiger partial charge >= 0.3 is 6.18 Å². The highest BCUT2D eigenvalue weighted by atomic mass is 19.4. The zero-order valence-corrected chi connectivity index (χ0v) is 11.2. The van der Waals surface area contributed by atoms with E-state index in [2.05, 4.69) is 0 Å². The molecule has 2 N–H and O–H groups in total. The molecule has 0 aromatic heterocycles. The molecule has 0 heterocycles. The third-order valence-electron chi connectivity index (χ3n) is 2.90. The van der Waals surface area contributed by atoms with Gasteiger partial charge in [0.05, 0.1) is 6.54 Å². The molecule has 0 bridgehead atoms. The van der Waals surface area contributed by atoms with E-state index in [4.69, 9.17) is 5.73 Å². The first-order valence-corrected chi connectivity index (χ1v) is 6.11. The summed E-state index contributed by atoms with van der Waals surface area (Å²) in [6.07, 6.45) is -4.37. The maximum absolute atomic E-state index is 13.5. The Morgan fingerprint density at radius 2 is 1.80 bits per heavy atom. The number of nitrogens with zero attached hydrogens (tertiary/aromatic N) is 1. The van der Waals surface area contributed by atoms with Gasteiger partial charge in [0.15, 0.2) is 0 Å². The molecule has 114 valence electrons. The predicted octanol–water partition coefficient (Wildman–Crippen LogP) is 3.24. The van der Waals surface area contributed by atoms with Crippen LogP contribution in [0, 0.1) is 11.6 Å². The number of alkyl halides is 3. The fourth-order valence-corrected chi connectivity index (χ4v) is 1.84. The summed E-state index contributed by atoms with van der Waals surface area (Å²) in [6, 6.07) is 1.30. The van der Waals surface area contributed by atoms with E-state index in [1.54, 1.807) is 13.8 Å². The zero-order valence-electron chi connectivity index (χ0n) is 11.2.